The minimum Gasteiger partial charge on any atom is -0.462 e. The molecule has 2 aromatic carbocycles. The van der Waals surface area contributed by atoms with Gasteiger partial charge in [0.2, 0.25) is 5.91 Å². The molecule has 0 spiro atoms. The largest absolute Gasteiger partial charge is 0.462 e. The first-order chi connectivity index (χ1) is 15.7. The Morgan fingerprint density at radius 2 is 1.81 bits per heavy atom. The maximum atomic E-state index is 12.7. The summed E-state index contributed by atoms with van der Waals surface area (Å²) in [6, 6.07) is 19.2. The molecule has 0 saturated carbocycles. The second-order valence-electron chi connectivity index (χ2n) is 6.60. The standard InChI is InChI=1S/C23H20N4O3S2/c1-2-30-22(29)20-18(16-9-5-3-6-10-16)13-31-21(20)25-19(28)14-32-23-26-24-15-27(23)17-11-7-4-8-12-17/h3-13,15H,2,14H2,1H3,(H,25,28). The van der Waals surface area contributed by atoms with Crippen molar-refractivity contribution in [2.75, 3.05) is 17.7 Å². The van der Waals surface area contributed by atoms with Gasteiger partial charge < -0.3 is 10.1 Å². The number of anilines is 1. The Bertz CT molecular complexity index is 1210. The van der Waals surface area contributed by atoms with Crippen LogP contribution in [0.1, 0.15) is 17.3 Å². The zero-order chi connectivity index (χ0) is 22.3. The lowest BCUT2D eigenvalue weighted by molar-refractivity contribution is -0.113. The third-order valence-corrected chi connectivity index (χ3v) is 6.33. The van der Waals surface area contributed by atoms with Crippen LogP contribution >= 0.6 is 23.1 Å². The molecule has 0 aliphatic heterocycles. The van der Waals surface area contributed by atoms with Crippen LogP contribution in [0.15, 0.2) is 77.5 Å². The van der Waals surface area contributed by atoms with Crippen molar-refractivity contribution in [3.05, 3.63) is 77.9 Å². The van der Waals surface area contributed by atoms with Gasteiger partial charge in [0.25, 0.3) is 0 Å². The number of nitrogens with one attached hydrogen (secondary N) is 1. The molecule has 0 bridgehead atoms. The average Bonchev–Trinajstić information content (AvgIpc) is 3.46. The molecule has 1 amide bonds. The van der Waals surface area contributed by atoms with Crippen LogP contribution in [-0.4, -0.2) is 39.0 Å². The van der Waals surface area contributed by atoms with E-state index in [9.17, 15) is 9.59 Å². The molecule has 0 unspecified atom stereocenters. The van der Waals surface area contributed by atoms with Crippen LogP contribution in [0.4, 0.5) is 5.00 Å². The molecule has 0 fully saturated rings. The number of para-hydroxylation sites is 1. The van der Waals surface area contributed by atoms with E-state index >= 15 is 0 Å². The Kier molecular flexibility index (Phi) is 6.98. The second-order valence-corrected chi connectivity index (χ2v) is 8.42. The van der Waals surface area contributed by atoms with Crippen molar-refractivity contribution in [2.24, 2.45) is 0 Å². The van der Waals surface area contributed by atoms with Gasteiger partial charge in [0.05, 0.1) is 12.4 Å². The zero-order valence-electron chi connectivity index (χ0n) is 17.2. The Hall–Kier alpha value is -3.43. The highest BCUT2D eigenvalue weighted by Gasteiger charge is 2.23. The summed E-state index contributed by atoms with van der Waals surface area (Å²) in [6.45, 7) is 2.01. The molecule has 4 rings (SSSR count). The molecule has 2 aromatic heterocycles. The summed E-state index contributed by atoms with van der Waals surface area (Å²) < 4.78 is 7.06. The first-order valence-corrected chi connectivity index (χ1v) is 11.8. The molecule has 1 N–H and O–H groups in total. The van der Waals surface area contributed by atoms with E-state index in [1.807, 2.05) is 70.6 Å². The van der Waals surface area contributed by atoms with Gasteiger partial charge >= 0.3 is 5.97 Å². The number of benzene rings is 2. The molecular formula is C23H20N4O3S2. The van der Waals surface area contributed by atoms with Crippen molar-refractivity contribution in [1.29, 1.82) is 0 Å². The highest BCUT2D eigenvalue weighted by Crippen LogP contribution is 2.36. The Morgan fingerprint density at radius 1 is 1.09 bits per heavy atom. The summed E-state index contributed by atoms with van der Waals surface area (Å²) in [5.74, 6) is -0.587. The topological polar surface area (TPSA) is 86.1 Å². The summed E-state index contributed by atoms with van der Waals surface area (Å²) in [5, 5.41) is 13.9. The quantitative estimate of drug-likeness (QED) is 0.295. The van der Waals surface area contributed by atoms with Crippen molar-refractivity contribution in [3.63, 3.8) is 0 Å². The summed E-state index contributed by atoms with van der Waals surface area (Å²) in [7, 11) is 0. The molecule has 0 aliphatic carbocycles. The summed E-state index contributed by atoms with van der Waals surface area (Å²) in [5.41, 5.74) is 2.91. The van der Waals surface area contributed by atoms with Gasteiger partial charge in [-0.3, -0.25) is 9.36 Å². The van der Waals surface area contributed by atoms with E-state index in [0.717, 1.165) is 16.8 Å². The number of esters is 1. The van der Waals surface area contributed by atoms with Crippen LogP contribution in [0.3, 0.4) is 0 Å². The fourth-order valence-electron chi connectivity index (χ4n) is 3.07. The Balaban J connectivity index is 1.50. The van der Waals surface area contributed by atoms with E-state index in [1.165, 1.54) is 23.1 Å². The second kappa shape index (κ2) is 10.3. The number of rotatable bonds is 8. The van der Waals surface area contributed by atoms with E-state index in [-0.39, 0.29) is 18.3 Å². The number of hydrogen-bond acceptors (Lipinski definition) is 7. The molecular weight excluding hydrogens is 444 g/mol. The molecule has 0 radical (unpaired) electrons. The number of nitrogens with zero attached hydrogens (tertiary/aromatic N) is 3. The van der Waals surface area contributed by atoms with Gasteiger partial charge in [-0.05, 0) is 24.6 Å². The number of aromatic nitrogens is 3. The van der Waals surface area contributed by atoms with Crippen LogP contribution in [0.2, 0.25) is 0 Å². The number of thioether (sulfide) groups is 1. The smallest absolute Gasteiger partial charge is 0.341 e. The monoisotopic (exact) mass is 464 g/mol. The van der Waals surface area contributed by atoms with E-state index < -0.39 is 5.97 Å². The van der Waals surface area contributed by atoms with Gasteiger partial charge in [0.1, 0.15) is 16.9 Å². The molecule has 0 atom stereocenters. The van der Waals surface area contributed by atoms with Gasteiger partial charge in [0, 0.05) is 16.6 Å². The minimum absolute atomic E-state index is 0.117. The fraction of sp³-hybridized carbons (Fsp3) is 0.130. The summed E-state index contributed by atoms with van der Waals surface area (Å²) >= 11 is 2.57. The lowest BCUT2D eigenvalue weighted by Gasteiger charge is -2.09. The van der Waals surface area contributed by atoms with Crippen LogP contribution in [0.5, 0.6) is 0 Å². The van der Waals surface area contributed by atoms with Crippen molar-refractivity contribution in [3.8, 4) is 16.8 Å². The third kappa shape index (κ3) is 4.90. The Labute approximate surface area is 193 Å². The van der Waals surface area contributed by atoms with Gasteiger partial charge in [-0.2, -0.15) is 0 Å². The molecule has 162 valence electrons. The van der Waals surface area contributed by atoms with Crippen molar-refractivity contribution < 1.29 is 14.3 Å². The lowest BCUT2D eigenvalue weighted by atomic mass is 10.0. The van der Waals surface area contributed by atoms with Gasteiger partial charge in [-0.15, -0.1) is 21.5 Å². The highest BCUT2D eigenvalue weighted by atomic mass is 32.2. The highest BCUT2D eigenvalue weighted by molar-refractivity contribution is 7.99. The number of hydrogen-bond donors (Lipinski definition) is 1. The minimum atomic E-state index is -0.459. The molecule has 4 aromatic rings. The number of thiophene rings is 1. The zero-order valence-corrected chi connectivity index (χ0v) is 18.9. The number of carbonyl (C=O) groups excluding carboxylic acids is 2. The normalized spacial score (nSPS) is 10.7. The van der Waals surface area contributed by atoms with Crippen LogP contribution in [0, 0.1) is 0 Å². The molecule has 2 heterocycles. The maximum Gasteiger partial charge on any atom is 0.341 e. The molecule has 9 heteroatoms. The van der Waals surface area contributed by atoms with Crippen LogP contribution in [-0.2, 0) is 9.53 Å². The maximum absolute atomic E-state index is 12.7. The molecule has 0 saturated heterocycles. The summed E-state index contributed by atoms with van der Waals surface area (Å²) in [4.78, 5) is 25.4. The van der Waals surface area contributed by atoms with E-state index in [0.29, 0.717) is 15.7 Å². The van der Waals surface area contributed by atoms with Gasteiger partial charge in [0.15, 0.2) is 5.16 Å². The molecule has 0 aliphatic rings. The third-order valence-electron chi connectivity index (χ3n) is 4.49. The molecule has 32 heavy (non-hydrogen) atoms. The van der Waals surface area contributed by atoms with Crippen molar-refractivity contribution in [2.45, 2.75) is 12.1 Å². The van der Waals surface area contributed by atoms with Crippen molar-refractivity contribution >= 4 is 40.0 Å². The first kappa shape index (κ1) is 21.8. The van der Waals surface area contributed by atoms with E-state index in [1.54, 1.807) is 13.3 Å². The Morgan fingerprint density at radius 3 is 2.53 bits per heavy atom. The van der Waals surface area contributed by atoms with E-state index in [2.05, 4.69) is 15.5 Å². The average molecular weight is 465 g/mol. The predicted molar refractivity (Wildman–Crippen MR) is 126 cm³/mol. The van der Waals surface area contributed by atoms with Gasteiger partial charge in [-0.1, -0.05) is 60.3 Å². The molecule has 7 nitrogen and oxygen atoms in total. The van der Waals surface area contributed by atoms with Crippen molar-refractivity contribution in [1.82, 2.24) is 14.8 Å². The first-order valence-electron chi connectivity index (χ1n) is 9.89. The fourth-order valence-corrected chi connectivity index (χ4v) is 4.77. The van der Waals surface area contributed by atoms with Gasteiger partial charge in [-0.25, -0.2) is 4.79 Å². The lowest BCUT2D eigenvalue weighted by Crippen LogP contribution is -2.16. The number of ether oxygens (including phenoxy) is 1. The number of carbonyl (C=O) groups is 2. The summed E-state index contributed by atoms with van der Waals surface area (Å²) in [6.07, 6.45) is 1.61. The SMILES string of the molecule is CCOC(=O)c1c(-c2ccccc2)csc1NC(=O)CSc1nncn1-c1ccccc1. The predicted octanol–water partition coefficient (Wildman–Crippen LogP) is 4.90. The van der Waals surface area contributed by atoms with Crippen LogP contribution < -0.4 is 5.32 Å². The number of amides is 1. The van der Waals surface area contributed by atoms with E-state index in [4.69, 9.17) is 4.74 Å². The van der Waals surface area contributed by atoms with Crippen LogP contribution in [0.25, 0.3) is 16.8 Å².